The molecule has 0 radical (unpaired) electrons. The van der Waals surface area contributed by atoms with E-state index in [0.29, 0.717) is 5.75 Å². The first-order valence-corrected chi connectivity index (χ1v) is 11.3. The molecule has 0 bridgehead atoms. The highest BCUT2D eigenvalue weighted by atomic mass is 16.5. The lowest BCUT2D eigenvalue weighted by atomic mass is 10.2. The van der Waals surface area contributed by atoms with Gasteiger partial charge >= 0.3 is 18.0 Å². The summed E-state index contributed by atoms with van der Waals surface area (Å²) in [5.41, 5.74) is 3.37. The van der Waals surface area contributed by atoms with E-state index in [1.165, 1.54) is 26.2 Å². The zero-order valence-corrected chi connectivity index (χ0v) is 20.6. The molecule has 0 aliphatic carbocycles. The number of aryl methyl sites for hydroxylation is 1. The fraction of sp³-hybridized carbons (Fsp3) is 0.231. The van der Waals surface area contributed by atoms with E-state index in [-0.39, 0.29) is 23.8 Å². The van der Waals surface area contributed by atoms with Gasteiger partial charge in [-0.15, -0.1) is 0 Å². The summed E-state index contributed by atoms with van der Waals surface area (Å²) in [5.74, 6) is -1.58. The van der Waals surface area contributed by atoms with E-state index in [9.17, 15) is 19.2 Å². The van der Waals surface area contributed by atoms with Crippen LogP contribution in [0.3, 0.4) is 0 Å². The van der Waals surface area contributed by atoms with Gasteiger partial charge in [0.05, 0.1) is 13.7 Å². The first-order chi connectivity index (χ1) is 17.6. The number of nitrogens with zero attached hydrogens (tertiary/aromatic N) is 2. The van der Waals surface area contributed by atoms with Crippen LogP contribution in [0.1, 0.15) is 40.2 Å². The molecule has 1 aliphatic heterocycles. The maximum absolute atomic E-state index is 12.9. The normalized spacial score (nSPS) is 15.1. The van der Waals surface area contributed by atoms with Crippen LogP contribution >= 0.6 is 0 Å². The van der Waals surface area contributed by atoms with Crippen LogP contribution in [0.25, 0.3) is 11.8 Å². The number of ether oxygens (including phenoxy) is 2. The van der Waals surface area contributed by atoms with E-state index in [1.54, 1.807) is 30.3 Å². The van der Waals surface area contributed by atoms with Gasteiger partial charge in [-0.2, -0.15) is 0 Å². The molecular weight excluding hydrogens is 482 g/mol. The maximum atomic E-state index is 12.9. The number of imide groups is 1. The van der Waals surface area contributed by atoms with E-state index in [0.717, 1.165) is 27.5 Å². The molecule has 3 amide bonds. The molecule has 0 unspecified atom stereocenters. The first kappa shape index (κ1) is 25.3. The minimum absolute atomic E-state index is 0.0243. The molecule has 1 saturated heterocycles. The molecule has 1 aliphatic rings. The number of esters is 1. The van der Waals surface area contributed by atoms with Crippen LogP contribution in [0.4, 0.5) is 4.79 Å². The fourth-order valence-electron chi connectivity index (χ4n) is 3.96. The van der Waals surface area contributed by atoms with Gasteiger partial charge in [0.15, 0.2) is 6.10 Å². The van der Waals surface area contributed by atoms with Gasteiger partial charge in [0, 0.05) is 17.1 Å². The molecule has 37 heavy (non-hydrogen) atoms. The number of hydrogen-bond donors (Lipinski definition) is 2. The van der Waals surface area contributed by atoms with Crippen molar-refractivity contribution < 1.29 is 38.2 Å². The van der Waals surface area contributed by atoms with Crippen molar-refractivity contribution in [3.8, 4) is 11.4 Å². The number of methoxy groups -OCH3 is 1. The van der Waals surface area contributed by atoms with Crippen LogP contribution in [0.2, 0.25) is 0 Å². The second-order valence-electron chi connectivity index (χ2n) is 8.39. The van der Waals surface area contributed by atoms with Crippen molar-refractivity contribution >= 4 is 30.0 Å². The highest BCUT2D eigenvalue weighted by Crippen LogP contribution is 2.26. The monoisotopic (exact) mass is 507 g/mol. The van der Waals surface area contributed by atoms with E-state index in [2.05, 4.69) is 10.1 Å². The summed E-state index contributed by atoms with van der Waals surface area (Å²) in [4.78, 5) is 49.0. The van der Waals surface area contributed by atoms with Crippen LogP contribution in [-0.2, 0) is 20.9 Å². The Hall–Kier alpha value is -4.80. The van der Waals surface area contributed by atoms with Gasteiger partial charge in [-0.3, -0.25) is 9.69 Å². The SMILES string of the molecule is COC(=O)c1ccc(CN2C(=O)N/C(=C\c3cc(C)n(-c4ccc(O[C@@H](C)C(=O)O)cc4)c3C)C2=O)o1. The van der Waals surface area contributed by atoms with Crippen molar-refractivity contribution in [2.75, 3.05) is 7.11 Å². The predicted octanol–water partition coefficient (Wildman–Crippen LogP) is 3.42. The van der Waals surface area contributed by atoms with Crippen LogP contribution in [0, 0.1) is 13.8 Å². The second-order valence-corrected chi connectivity index (χ2v) is 8.39. The standard InChI is InChI=1S/C26H25N3O8/c1-14-11-17(15(2)29(14)18-5-7-19(8-6-18)36-16(3)24(31)32)12-21-23(30)28(26(34)27-21)13-20-9-10-22(37-20)25(33)35-4/h5-12,16H,13H2,1-4H3,(H,27,34)(H,31,32)/b21-12-/t16-/m0/s1. The lowest BCUT2D eigenvalue weighted by molar-refractivity contribution is -0.144. The van der Waals surface area contributed by atoms with Gasteiger partial charge in [-0.1, -0.05) is 0 Å². The third kappa shape index (κ3) is 5.10. The number of benzene rings is 1. The van der Waals surface area contributed by atoms with Crippen LogP contribution < -0.4 is 10.1 Å². The molecule has 0 saturated carbocycles. The molecule has 1 atom stereocenters. The number of hydrogen-bond acceptors (Lipinski definition) is 7. The average molecular weight is 507 g/mol. The average Bonchev–Trinajstić information content (AvgIpc) is 3.52. The summed E-state index contributed by atoms with van der Waals surface area (Å²) in [5, 5.41) is 11.6. The van der Waals surface area contributed by atoms with Crippen molar-refractivity contribution in [1.29, 1.82) is 0 Å². The predicted molar refractivity (Wildman–Crippen MR) is 130 cm³/mol. The zero-order chi connectivity index (χ0) is 26.9. The molecule has 2 N–H and O–H groups in total. The molecule has 1 fully saturated rings. The van der Waals surface area contributed by atoms with E-state index < -0.39 is 30.0 Å². The largest absolute Gasteiger partial charge is 0.479 e. The van der Waals surface area contributed by atoms with Crippen molar-refractivity contribution in [1.82, 2.24) is 14.8 Å². The minimum Gasteiger partial charge on any atom is -0.479 e. The number of nitrogens with one attached hydrogen (secondary N) is 1. The number of aromatic nitrogens is 1. The number of carbonyl (C=O) groups is 4. The quantitative estimate of drug-likeness (QED) is 0.269. The summed E-state index contributed by atoms with van der Waals surface area (Å²) in [6, 6.07) is 11.2. The van der Waals surface area contributed by atoms with Crippen molar-refractivity contribution in [3.63, 3.8) is 0 Å². The third-order valence-corrected chi connectivity index (χ3v) is 5.85. The molecule has 2 aromatic heterocycles. The Morgan fingerprint density at radius 1 is 1.14 bits per heavy atom. The number of carboxylic acids is 1. The van der Waals surface area contributed by atoms with Crippen molar-refractivity contribution in [2.24, 2.45) is 0 Å². The number of rotatable bonds is 8. The van der Waals surface area contributed by atoms with Gasteiger partial charge in [0.1, 0.15) is 17.2 Å². The highest BCUT2D eigenvalue weighted by molar-refractivity contribution is 6.14. The lowest BCUT2D eigenvalue weighted by Crippen LogP contribution is -2.30. The third-order valence-electron chi connectivity index (χ3n) is 5.85. The fourth-order valence-corrected chi connectivity index (χ4v) is 3.96. The molecular formula is C26H25N3O8. The topological polar surface area (TPSA) is 140 Å². The summed E-state index contributed by atoms with van der Waals surface area (Å²) in [6.07, 6.45) is 0.633. The van der Waals surface area contributed by atoms with Gasteiger partial charge in [0.2, 0.25) is 5.76 Å². The number of amides is 3. The molecule has 11 nitrogen and oxygen atoms in total. The number of urea groups is 1. The van der Waals surface area contributed by atoms with E-state index in [1.807, 2.05) is 24.5 Å². The lowest BCUT2D eigenvalue weighted by Gasteiger charge is -2.13. The molecule has 0 spiro atoms. The Morgan fingerprint density at radius 2 is 1.84 bits per heavy atom. The second kappa shape index (κ2) is 10.1. The summed E-state index contributed by atoms with van der Waals surface area (Å²) in [6.45, 7) is 5.09. The summed E-state index contributed by atoms with van der Waals surface area (Å²) < 4.78 is 17.3. The summed E-state index contributed by atoms with van der Waals surface area (Å²) >= 11 is 0. The van der Waals surface area contributed by atoms with Crippen LogP contribution in [-0.4, -0.2) is 51.7 Å². The number of aliphatic carboxylic acids is 1. The molecule has 192 valence electrons. The Kier molecular flexibility index (Phi) is 6.87. The van der Waals surface area contributed by atoms with Crippen LogP contribution in [0.5, 0.6) is 5.75 Å². The Morgan fingerprint density at radius 3 is 2.49 bits per heavy atom. The Bertz CT molecular complexity index is 1410. The smallest absolute Gasteiger partial charge is 0.373 e. The Balaban J connectivity index is 1.53. The van der Waals surface area contributed by atoms with Gasteiger partial charge < -0.3 is 28.9 Å². The molecule has 3 aromatic rings. The van der Waals surface area contributed by atoms with E-state index in [4.69, 9.17) is 14.3 Å². The van der Waals surface area contributed by atoms with Crippen molar-refractivity contribution in [2.45, 2.75) is 33.4 Å². The number of carboxylic acid groups (broad SMARTS) is 1. The molecule has 4 rings (SSSR count). The molecule has 3 heterocycles. The van der Waals surface area contributed by atoms with Gasteiger partial charge in [-0.05, 0) is 74.9 Å². The molecule has 1 aromatic carbocycles. The van der Waals surface area contributed by atoms with Gasteiger partial charge in [-0.25, -0.2) is 14.4 Å². The number of furan rings is 1. The van der Waals surface area contributed by atoms with Crippen LogP contribution in [0.15, 0.2) is 52.6 Å². The summed E-state index contributed by atoms with van der Waals surface area (Å²) in [7, 11) is 1.22. The minimum atomic E-state index is -1.05. The zero-order valence-electron chi connectivity index (χ0n) is 20.6. The molecule has 11 heteroatoms. The Labute approximate surface area is 211 Å². The van der Waals surface area contributed by atoms with Crippen molar-refractivity contribution in [3.05, 3.63) is 76.6 Å². The highest BCUT2D eigenvalue weighted by Gasteiger charge is 2.34. The van der Waals surface area contributed by atoms with Gasteiger partial charge in [0.25, 0.3) is 5.91 Å². The maximum Gasteiger partial charge on any atom is 0.373 e. The first-order valence-electron chi connectivity index (χ1n) is 11.3. The van der Waals surface area contributed by atoms with E-state index >= 15 is 0 Å². The number of carbonyl (C=O) groups excluding carboxylic acids is 3.